The number of hydrogen-bond acceptors (Lipinski definition) is 3. The van der Waals surface area contributed by atoms with Crippen LogP contribution in [0, 0.1) is 6.92 Å². The van der Waals surface area contributed by atoms with Crippen molar-refractivity contribution in [3.8, 4) is 0 Å². The molecule has 0 aliphatic heterocycles. The SMILES string of the molecule is CCN(CCCN(C)C)C(=O)c1cc(S)ccc1C. The zero-order chi connectivity index (χ0) is 14.4. The Morgan fingerprint density at radius 2 is 1.95 bits per heavy atom. The second-order valence-corrected chi connectivity index (χ2v) is 5.56. The van der Waals surface area contributed by atoms with Crippen LogP contribution in [0.5, 0.6) is 0 Å². The molecular formula is C15H24N2OS. The van der Waals surface area contributed by atoms with Gasteiger partial charge in [-0.05, 0) is 58.6 Å². The Balaban J connectivity index is 2.75. The van der Waals surface area contributed by atoms with Crippen LogP contribution in [0.2, 0.25) is 0 Å². The Kier molecular flexibility index (Phi) is 6.38. The molecule has 0 aromatic heterocycles. The first-order chi connectivity index (χ1) is 8.95. The van der Waals surface area contributed by atoms with Crippen molar-refractivity contribution in [3.05, 3.63) is 29.3 Å². The first kappa shape index (κ1) is 16.1. The van der Waals surface area contributed by atoms with Crippen LogP contribution >= 0.6 is 12.6 Å². The van der Waals surface area contributed by atoms with E-state index in [9.17, 15) is 4.79 Å². The van der Waals surface area contributed by atoms with Crippen LogP contribution in [-0.2, 0) is 0 Å². The third kappa shape index (κ3) is 4.88. The highest BCUT2D eigenvalue weighted by molar-refractivity contribution is 7.80. The molecule has 0 aliphatic rings. The highest BCUT2D eigenvalue weighted by atomic mass is 32.1. The van der Waals surface area contributed by atoms with Crippen LogP contribution in [-0.4, -0.2) is 49.4 Å². The van der Waals surface area contributed by atoms with E-state index in [-0.39, 0.29) is 5.91 Å². The number of nitrogens with zero attached hydrogens (tertiary/aromatic N) is 2. The van der Waals surface area contributed by atoms with Gasteiger partial charge in [-0.3, -0.25) is 4.79 Å². The molecule has 0 heterocycles. The molecule has 0 atom stereocenters. The average Bonchev–Trinajstić information content (AvgIpc) is 2.36. The van der Waals surface area contributed by atoms with Gasteiger partial charge in [0.05, 0.1) is 0 Å². The molecule has 0 unspecified atom stereocenters. The molecule has 0 bridgehead atoms. The molecule has 4 heteroatoms. The van der Waals surface area contributed by atoms with Gasteiger partial charge < -0.3 is 9.80 Å². The third-order valence-corrected chi connectivity index (χ3v) is 3.43. The van der Waals surface area contributed by atoms with Gasteiger partial charge in [0.15, 0.2) is 0 Å². The zero-order valence-electron chi connectivity index (χ0n) is 12.3. The predicted octanol–water partition coefficient (Wildman–Crippen LogP) is 2.70. The predicted molar refractivity (Wildman–Crippen MR) is 83.2 cm³/mol. The van der Waals surface area contributed by atoms with Crippen molar-refractivity contribution in [1.82, 2.24) is 9.80 Å². The lowest BCUT2D eigenvalue weighted by molar-refractivity contribution is 0.0758. The van der Waals surface area contributed by atoms with Crippen LogP contribution in [0.15, 0.2) is 23.1 Å². The van der Waals surface area contributed by atoms with Crippen LogP contribution in [0.3, 0.4) is 0 Å². The smallest absolute Gasteiger partial charge is 0.254 e. The molecule has 106 valence electrons. The molecule has 1 rings (SSSR count). The number of carbonyl (C=O) groups is 1. The summed E-state index contributed by atoms with van der Waals surface area (Å²) in [6, 6.07) is 5.72. The van der Waals surface area contributed by atoms with Gasteiger partial charge in [-0.2, -0.15) is 0 Å². The van der Waals surface area contributed by atoms with Gasteiger partial charge in [-0.25, -0.2) is 0 Å². The van der Waals surface area contributed by atoms with Crippen LogP contribution in [0.25, 0.3) is 0 Å². The van der Waals surface area contributed by atoms with Crippen molar-refractivity contribution in [2.45, 2.75) is 25.2 Å². The largest absolute Gasteiger partial charge is 0.339 e. The van der Waals surface area contributed by atoms with Crippen LogP contribution in [0.4, 0.5) is 0 Å². The molecule has 0 saturated carbocycles. The fourth-order valence-corrected chi connectivity index (χ4v) is 2.20. The zero-order valence-corrected chi connectivity index (χ0v) is 13.2. The summed E-state index contributed by atoms with van der Waals surface area (Å²) in [4.78, 5) is 17.4. The number of rotatable bonds is 6. The summed E-state index contributed by atoms with van der Waals surface area (Å²) < 4.78 is 0. The normalized spacial score (nSPS) is 10.8. The summed E-state index contributed by atoms with van der Waals surface area (Å²) in [6.07, 6.45) is 0.992. The maximum atomic E-state index is 12.5. The second kappa shape index (κ2) is 7.56. The minimum absolute atomic E-state index is 0.106. The first-order valence-corrected chi connectivity index (χ1v) is 7.14. The Labute approximate surface area is 122 Å². The minimum atomic E-state index is 0.106. The van der Waals surface area contributed by atoms with E-state index in [1.807, 2.05) is 51.0 Å². The molecule has 1 aromatic carbocycles. The molecule has 0 saturated heterocycles. The van der Waals surface area contributed by atoms with Gasteiger partial charge in [0.2, 0.25) is 0 Å². The summed E-state index contributed by atoms with van der Waals surface area (Å²) in [7, 11) is 4.10. The first-order valence-electron chi connectivity index (χ1n) is 6.69. The minimum Gasteiger partial charge on any atom is -0.339 e. The number of hydrogen-bond donors (Lipinski definition) is 1. The molecule has 3 nitrogen and oxygen atoms in total. The lowest BCUT2D eigenvalue weighted by Crippen LogP contribution is -2.33. The Morgan fingerprint density at radius 1 is 1.26 bits per heavy atom. The molecule has 0 fully saturated rings. The molecule has 1 amide bonds. The monoisotopic (exact) mass is 280 g/mol. The molecule has 0 aliphatic carbocycles. The Hall–Kier alpha value is -1.00. The molecule has 1 aromatic rings. The summed E-state index contributed by atoms with van der Waals surface area (Å²) >= 11 is 4.31. The molecule has 19 heavy (non-hydrogen) atoms. The lowest BCUT2D eigenvalue weighted by Gasteiger charge is -2.23. The van der Waals surface area contributed by atoms with Crippen LogP contribution in [0.1, 0.15) is 29.3 Å². The van der Waals surface area contributed by atoms with E-state index in [0.717, 1.165) is 42.1 Å². The topological polar surface area (TPSA) is 23.6 Å². The third-order valence-electron chi connectivity index (χ3n) is 3.15. The maximum Gasteiger partial charge on any atom is 0.254 e. The number of carbonyl (C=O) groups excluding carboxylic acids is 1. The Bertz CT molecular complexity index is 432. The quantitative estimate of drug-likeness (QED) is 0.810. The molecule has 0 radical (unpaired) electrons. The summed E-state index contributed by atoms with van der Waals surface area (Å²) in [5, 5.41) is 0. The second-order valence-electron chi connectivity index (χ2n) is 5.04. The van der Waals surface area contributed by atoms with Crippen molar-refractivity contribution in [3.63, 3.8) is 0 Å². The van der Waals surface area contributed by atoms with Crippen molar-refractivity contribution in [2.24, 2.45) is 0 Å². The van der Waals surface area contributed by atoms with E-state index in [2.05, 4.69) is 17.5 Å². The standard InChI is InChI=1S/C15H24N2OS/c1-5-17(10-6-9-16(3)4)15(18)14-11-13(19)8-7-12(14)2/h7-8,11,19H,5-6,9-10H2,1-4H3. The van der Waals surface area contributed by atoms with E-state index in [0.29, 0.717) is 0 Å². The number of amides is 1. The molecular weight excluding hydrogens is 256 g/mol. The number of thiol groups is 1. The summed E-state index contributed by atoms with van der Waals surface area (Å²) in [5.41, 5.74) is 1.77. The van der Waals surface area contributed by atoms with E-state index in [1.165, 1.54) is 0 Å². The highest BCUT2D eigenvalue weighted by Crippen LogP contribution is 2.16. The number of aryl methyl sites for hydroxylation is 1. The maximum absolute atomic E-state index is 12.5. The van der Waals surface area contributed by atoms with Crippen molar-refractivity contribution in [1.29, 1.82) is 0 Å². The molecule has 0 N–H and O–H groups in total. The van der Waals surface area contributed by atoms with Crippen molar-refractivity contribution < 1.29 is 4.79 Å². The van der Waals surface area contributed by atoms with Crippen LogP contribution < -0.4 is 0 Å². The van der Waals surface area contributed by atoms with Gasteiger partial charge in [-0.1, -0.05) is 6.07 Å². The van der Waals surface area contributed by atoms with Crippen molar-refractivity contribution >= 4 is 18.5 Å². The van der Waals surface area contributed by atoms with Gasteiger partial charge in [0.1, 0.15) is 0 Å². The summed E-state index contributed by atoms with van der Waals surface area (Å²) in [6.45, 7) is 6.52. The Morgan fingerprint density at radius 3 is 2.53 bits per heavy atom. The highest BCUT2D eigenvalue weighted by Gasteiger charge is 2.16. The van der Waals surface area contributed by atoms with E-state index >= 15 is 0 Å². The molecule has 0 spiro atoms. The summed E-state index contributed by atoms with van der Waals surface area (Å²) in [5.74, 6) is 0.106. The van der Waals surface area contributed by atoms with Crippen molar-refractivity contribution in [2.75, 3.05) is 33.7 Å². The van der Waals surface area contributed by atoms with E-state index in [1.54, 1.807) is 0 Å². The average molecular weight is 280 g/mol. The van der Waals surface area contributed by atoms with Gasteiger partial charge in [0, 0.05) is 23.5 Å². The van der Waals surface area contributed by atoms with Gasteiger partial charge in [0.25, 0.3) is 5.91 Å². The van der Waals surface area contributed by atoms with E-state index < -0.39 is 0 Å². The fourth-order valence-electron chi connectivity index (χ4n) is 1.99. The number of benzene rings is 1. The fraction of sp³-hybridized carbons (Fsp3) is 0.533. The van der Waals surface area contributed by atoms with E-state index in [4.69, 9.17) is 0 Å². The van der Waals surface area contributed by atoms with Gasteiger partial charge >= 0.3 is 0 Å². The van der Waals surface area contributed by atoms with Gasteiger partial charge in [-0.15, -0.1) is 12.6 Å². The lowest BCUT2D eigenvalue weighted by atomic mass is 10.1.